The van der Waals surface area contributed by atoms with Crippen LogP contribution in [0.5, 0.6) is 17.2 Å². The van der Waals surface area contributed by atoms with Gasteiger partial charge in [0.15, 0.2) is 21.2 Å². The van der Waals surface area contributed by atoms with Crippen molar-refractivity contribution < 1.29 is 44.0 Å². The standard InChI is InChI=1S/C29H22BrCl2IN2O9/c1-44-19-7-11(6-17(33)22(19)37)21-13-4-5-15-20(16(13)9-28(31)26(42)34(10-30)27(43)29(21,28)32)24(39)35(23(15)38)12-2-3-14(25(40)41)18(36)8-12/h2-4,6-8,15-16,20-21,36-37H,5,9-10H2,1H3,(H,40,41)/t15-,16+,20-,21-,28+,29-/m0/s1. The van der Waals surface area contributed by atoms with Crippen LogP contribution in [0.4, 0.5) is 5.69 Å². The van der Waals surface area contributed by atoms with Crippen molar-refractivity contribution in [1.29, 1.82) is 0 Å². The fourth-order valence-electron chi connectivity index (χ4n) is 7.14. The molecule has 4 aliphatic rings. The van der Waals surface area contributed by atoms with Crippen molar-refractivity contribution in [1.82, 2.24) is 4.90 Å². The number of allylic oxidation sites excluding steroid dienone is 2. The number of ether oxygens (including phenoxy) is 1. The van der Waals surface area contributed by atoms with E-state index in [1.165, 1.54) is 19.2 Å². The van der Waals surface area contributed by atoms with Gasteiger partial charge in [-0.2, -0.15) is 0 Å². The van der Waals surface area contributed by atoms with Gasteiger partial charge in [-0.1, -0.05) is 27.6 Å². The lowest BCUT2D eigenvalue weighted by molar-refractivity contribution is -0.138. The number of aromatic hydroxyl groups is 2. The minimum Gasteiger partial charge on any atom is -0.507 e. The highest BCUT2D eigenvalue weighted by molar-refractivity contribution is 14.1. The molecular formula is C29H22BrCl2IN2O9. The predicted molar refractivity (Wildman–Crippen MR) is 168 cm³/mol. The lowest BCUT2D eigenvalue weighted by Gasteiger charge is -2.50. The van der Waals surface area contributed by atoms with Crippen LogP contribution >= 0.6 is 61.7 Å². The molecule has 2 aromatic carbocycles. The number of nitrogens with zero attached hydrogens (tertiary/aromatic N) is 2. The Labute approximate surface area is 282 Å². The number of carboxylic acids is 1. The number of hydrogen-bond donors (Lipinski definition) is 3. The van der Waals surface area contributed by atoms with Crippen molar-refractivity contribution >= 4 is 97.0 Å². The number of methoxy groups -OCH3 is 1. The molecule has 44 heavy (non-hydrogen) atoms. The zero-order chi connectivity index (χ0) is 32.0. The van der Waals surface area contributed by atoms with E-state index in [-0.39, 0.29) is 35.5 Å². The molecule has 230 valence electrons. The third-order valence-electron chi connectivity index (χ3n) is 9.09. The number of amides is 4. The molecule has 2 aromatic rings. The molecule has 0 radical (unpaired) electrons. The van der Waals surface area contributed by atoms with Crippen LogP contribution in [0.2, 0.25) is 0 Å². The molecule has 1 saturated carbocycles. The van der Waals surface area contributed by atoms with Gasteiger partial charge in [0.25, 0.3) is 11.8 Å². The number of rotatable bonds is 5. The molecule has 2 aliphatic heterocycles. The summed E-state index contributed by atoms with van der Waals surface area (Å²) >= 11 is 19.5. The highest BCUT2D eigenvalue weighted by Crippen LogP contribution is 2.66. The molecule has 4 amide bonds. The van der Waals surface area contributed by atoms with E-state index >= 15 is 0 Å². The second-order valence-electron chi connectivity index (χ2n) is 11.1. The number of phenolic OH excluding ortho intramolecular Hbond substituents is 1. The average Bonchev–Trinajstić information content (AvgIpc) is 3.31. The molecule has 0 unspecified atom stereocenters. The fourth-order valence-corrected chi connectivity index (χ4v) is 9.19. The van der Waals surface area contributed by atoms with E-state index in [1.54, 1.807) is 12.1 Å². The summed E-state index contributed by atoms with van der Waals surface area (Å²) in [7, 11) is 1.36. The minimum absolute atomic E-state index is 0.00602. The number of phenols is 2. The Morgan fingerprint density at radius 1 is 1.09 bits per heavy atom. The Kier molecular flexibility index (Phi) is 7.49. The number of carbonyl (C=O) groups excluding carboxylic acids is 4. The van der Waals surface area contributed by atoms with Crippen LogP contribution in [0.1, 0.15) is 34.7 Å². The number of fused-ring (bicyclic) bond motifs is 4. The van der Waals surface area contributed by atoms with E-state index in [9.17, 15) is 39.3 Å². The molecule has 0 spiro atoms. The first-order chi connectivity index (χ1) is 20.7. The highest BCUT2D eigenvalue weighted by Gasteiger charge is 2.76. The molecule has 2 aliphatic carbocycles. The van der Waals surface area contributed by atoms with Gasteiger partial charge in [-0.15, -0.1) is 23.2 Å². The minimum atomic E-state index is -2.02. The molecule has 11 nitrogen and oxygen atoms in total. The van der Waals surface area contributed by atoms with Crippen molar-refractivity contribution in [2.45, 2.75) is 28.5 Å². The molecule has 2 saturated heterocycles. The second kappa shape index (κ2) is 10.6. The first-order valence-electron chi connectivity index (χ1n) is 13.2. The van der Waals surface area contributed by atoms with Crippen LogP contribution in [0.15, 0.2) is 42.0 Å². The zero-order valence-electron chi connectivity index (χ0n) is 22.6. The number of halogens is 4. The van der Waals surface area contributed by atoms with Gasteiger partial charge in [0.2, 0.25) is 11.8 Å². The molecule has 2 heterocycles. The maximum atomic E-state index is 14.1. The van der Waals surface area contributed by atoms with E-state index < -0.39 is 74.3 Å². The second-order valence-corrected chi connectivity index (χ2v) is 14.0. The molecule has 6 atom stereocenters. The molecule has 3 N–H and O–H groups in total. The summed E-state index contributed by atoms with van der Waals surface area (Å²) in [5, 5.41) is 30.1. The monoisotopic (exact) mass is 818 g/mol. The average molecular weight is 820 g/mol. The Morgan fingerprint density at radius 3 is 2.41 bits per heavy atom. The largest absolute Gasteiger partial charge is 0.507 e. The summed E-state index contributed by atoms with van der Waals surface area (Å²) < 4.78 is 5.75. The predicted octanol–water partition coefficient (Wildman–Crippen LogP) is 4.33. The lowest BCUT2D eigenvalue weighted by Crippen LogP contribution is -2.60. The van der Waals surface area contributed by atoms with Crippen LogP contribution in [0.25, 0.3) is 0 Å². The lowest BCUT2D eigenvalue weighted by atomic mass is 9.56. The van der Waals surface area contributed by atoms with Gasteiger partial charge in [-0.3, -0.25) is 24.1 Å². The van der Waals surface area contributed by atoms with Gasteiger partial charge >= 0.3 is 5.97 Å². The normalized spacial score (nSPS) is 31.1. The summed E-state index contributed by atoms with van der Waals surface area (Å²) in [6.45, 7) is 0. The molecule has 3 fully saturated rings. The van der Waals surface area contributed by atoms with E-state index in [2.05, 4.69) is 15.9 Å². The molecular weight excluding hydrogens is 798 g/mol. The van der Waals surface area contributed by atoms with Crippen LogP contribution in [-0.2, 0) is 19.2 Å². The van der Waals surface area contributed by atoms with Gasteiger partial charge in [-0.25, -0.2) is 9.69 Å². The van der Waals surface area contributed by atoms with Crippen LogP contribution in [0.3, 0.4) is 0 Å². The van der Waals surface area contributed by atoms with Crippen molar-refractivity contribution in [2.24, 2.45) is 17.8 Å². The summed E-state index contributed by atoms with van der Waals surface area (Å²) in [5.74, 6) is -8.39. The van der Waals surface area contributed by atoms with E-state index in [0.717, 1.165) is 21.9 Å². The van der Waals surface area contributed by atoms with E-state index in [4.69, 9.17) is 27.9 Å². The third-order valence-corrected chi connectivity index (χ3v) is 11.8. The summed E-state index contributed by atoms with van der Waals surface area (Å²) in [6.07, 6.45) is 1.64. The van der Waals surface area contributed by atoms with E-state index in [1.807, 2.05) is 22.6 Å². The summed E-state index contributed by atoms with van der Waals surface area (Å²) in [6, 6.07) is 6.52. The number of carbonyl (C=O) groups is 5. The molecule has 6 rings (SSSR count). The maximum Gasteiger partial charge on any atom is 0.339 e. The topological polar surface area (TPSA) is 162 Å². The Bertz CT molecular complexity index is 1740. The number of benzene rings is 2. The summed E-state index contributed by atoms with van der Waals surface area (Å²) in [5.41, 5.74) is 0.387. The maximum absolute atomic E-state index is 14.1. The SMILES string of the molecule is COc1cc([C@H]2C3=CC[C@@H]4C(=O)N(c5ccc(C(=O)O)c(O)c5)C(=O)[C@@H]4[C@@H]3C[C@@]3(Cl)C(=O)N(CBr)C(=O)[C@@]23Cl)cc(I)c1O. The highest BCUT2D eigenvalue weighted by atomic mass is 127. The first-order valence-corrected chi connectivity index (χ1v) is 16.2. The van der Waals surface area contributed by atoms with Gasteiger partial charge in [0.05, 0.1) is 33.7 Å². The number of likely N-dealkylation sites (tertiary alicyclic amines) is 1. The zero-order valence-corrected chi connectivity index (χ0v) is 27.8. The van der Waals surface area contributed by atoms with Crippen LogP contribution in [-0.4, -0.2) is 72.1 Å². The van der Waals surface area contributed by atoms with E-state index in [0.29, 0.717) is 14.7 Å². The number of carboxylic acid groups (broad SMARTS) is 1. The quantitative estimate of drug-likeness (QED) is 0.131. The van der Waals surface area contributed by atoms with Crippen molar-refractivity contribution in [3.05, 3.63) is 56.7 Å². The number of anilines is 1. The number of aromatic carboxylic acids is 1. The van der Waals surface area contributed by atoms with Crippen molar-refractivity contribution in [3.8, 4) is 17.2 Å². The Hall–Kier alpha value is -2.88. The fraction of sp³-hybridized carbons (Fsp3) is 0.345. The van der Waals surface area contributed by atoms with Crippen molar-refractivity contribution in [3.63, 3.8) is 0 Å². The molecule has 15 heteroatoms. The van der Waals surface area contributed by atoms with Crippen LogP contribution < -0.4 is 9.64 Å². The molecule has 0 bridgehead atoms. The molecule has 0 aromatic heterocycles. The van der Waals surface area contributed by atoms with Crippen LogP contribution in [0, 0.1) is 21.3 Å². The first kappa shape index (κ1) is 31.1. The number of alkyl halides is 3. The van der Waals surface area contributed by atoms with Gasteiger partial charge in [0.1, 0.15) is 11.3 Å². The van der Waals surface area contributed by atoms with Crippen molar-refractivity contribution in [2.75, 3.05) is 17.5 Å². The number of imide groups is 2. The summed E-state index contributed by atoms with van der Waals surface area (Å²) in [4.78, 5) is 64.7. The number of hydrogen-bond acceptors (Lipinski definition) is 8. The smallest absolute Gasteiger partial charge is 0.339 e. The van der Waals surface area contributed by atoms with Gasteiger partial charge in [0, 0.05) is 12.0 Å². The Morgan fingerprint density at radius 2 is 1.80 bits per heavy atom. The third kappa shape index (κ3) is 4.01. The van der Waals surface area contributed by atoms with Gasteiger partial charge in [-0.05, 0) is 71.2 Å². The van der Waals surface area contributed by atoms with Gasteiger partial charge < -0.3 is 20.1 Å². The Balaban J connectivity index is 1.51.